The molecule has 2 aromatic carbocycles. The predicted octanol–water partition coefficient (Wildman–Crippen LogP) is 4.28. The zero-order valence-corrected chi connectivity index (χ0v) is 16.8. The van der Waals surface area contributed by atoms with Gasteiger partial charge in [0.2, 0.25) is 0 Å². The fourth-order valence-corrected chi connectivity index (χ4v) is 4.53. The Bertz CT molecular complexity index is 1030. The Balaban J connectivity index is 2.41. The van der Waals surface area contributed by atoms with E-state index < -0.39 is 16.0 Å². The third-order valence-corrected chi connectivity index (χ3v) is 5.69. The maximum absolute atomic E-state index is 12.9. The summed E-state index contributed by atoms with van der Waals surface area (Å²) in [6.45, 7) is 5.42. The number of sulfonamides is 1. The standard InChI is InChI=1S/C20H20ClNO4S/c1-13-10-14(2)20(15(3)11-13)27(25,26)22-18-9-8-17(21)12-16(18)6-4-5-7-19(23)24/h8-12,22H,5,7H2,1-3H3,(H,23,24). The fraction of sp³-hybridized carbons (Fsp3) is 0.250. The van der Waals surface area contributed by atoms with E-state index in [1.54, 1.807) is 32.0 Å². The van der Waals surface area contributed by atoms with Crippen LogP contribution in [0.3, 0.4) is 0 Å². The number of rotatable bonds is 5. The van der Waals surface area contributed by atoms with Crippen molar-refractivity contribution in [2.24, 2.45) is 0 Å². The molecule has 0 fully saturated rings. The quantitative estimate of drug-likeness (QED) is 0.727. The van der Waals surface area contributed by atoms with E-state index in [1.165, 1.54) is 0 Å². The number of anilines is 1. The van der Waals surface area contributed by atoms with Crippen LogP contribution in [-0.2, 0) is 14.8 Å². The summed E-state index contributed by atoms with van der Waals surface area (Å²) in [4.78, 5) is 10.8. The lowest BCUT2D eigenvalue weighted by Gasteiger charge is -2.15. The van der Waals surface area contributed by atoms with Gasteiger partial charge in [-0.15, -0.1) is 0 Å². The SMILES string of the molecule is Cc1cc(C)c(S(=O)(=O)Nc2ccc(Cl)cc2C#CCCC(=O)O)c(C)c1. The van der Waals surface area contributed by atoms with Crippen LogP contribution in [0.2, 0.25) is 5.02 Å². The van der Waals surface area contributed by atoms with Crippen LogP contribution in [0.4, 0.5) is 5.69 Å². The summed E-state index contributed by atoms with van der Waals surface area (Å²) in [5.74, 6) is 4.59. The number of aryl methyl sites for hydroxylation is 3. The fourth-order valence-electron chi connectivity index (χ4n) is 2.82. The number of carboxylic acids is 1. The highest BCUT2D eigenvalue weighted by molar-refractivity contribution is 7.92. The summed E-state index contributed by atoms with van der Waals surface area (Å²) in [5, 5.41) is 9.08. The van der Waals surface area contributed by atoms with Gasteiger partial charge in [-0.2, -0.15) is 0 Å². The second-order valence-corrected chi connectivity index (χ2v) is 8.27. The molecule has 27 heavy (non-hydrogen) atoms. The van der Waals surface area contributed by atoms with Gasteiger partial charge in [0.15, 0.2) is 0 Å². The first-order valence-electron chi connectivity index (χ1n) is 8.21. The van der Waals surface area contributed by atoms with E-state index in [9.17, 15) is 13.2 Å². The van der Waals surface area contributed by atoms with Gasteiger partial charge in [0.05, 0.1) is 22.6 Å². The molecule has 0 aliphatic carbocycles. The molecular formula is C20H20ClNO4S. The van der Waals surface area contributed by atoms with Crippen LogP contribution >= 0.6 is 11.6 Å². The average Bonchev–Trinajstić information content (AvgIpc) is 2.52. The number of carbonyl (C=O) groups is 1. The van der Waals surface area contributed by atoms with E-state index in [4.69, 9.17) is 16.7 Å². The van der Waals surface area contributed by atoms with Gasteiger partial charge in [-0.3, -0.25) is 9.52 Å². The Morgan fingerprint density at radius 1 is 1.15 bits per heavy atom. The highest BCUT2D eigenvalue weighted by atomic mass is 35.5. The van der Waals surface area contributed by atoms with Crippen molar-refractivity contribution in [3.8, 4) is 11.8 Å². The van der Waals surface area contributed by atoms with Crippen molar-refractivity contribution in [1.82, 2.24) is 0 Å². The number of benzene rings is 2. The minimum atomic E-state index is -3.83. The molecule has 0 aromatic heterocycles. The highest BCUT2D eigenvalue weighted by Gasteiger charge is 2.21. The van der Waals surface area contributed by atoms with E-state index in [-0.39, 0.29) is 17.7 Å². The van der Waals surface area contributed by atoms with E-state index in [1.807, 2.05) is 19.1 Å². The lowest BCUT2D eigenvalue weighted by atomic mass is 10.1. The Hall–Kier alpha value is -2.49. The van der Waals surface area contributed by atoms with Crippen LogP contribution in [0.5, 0.6) is 0 Å². The number of halogens is 1. The molecule has 0 unspecified atom stereocenters. The van der Waals surface area contributed by atoms with E-state index in [2.05, 4.69) is 16.6 Å². The Morgan fingerprint density at radius 2 is 1.78 bits per heavy atom. The van der Waals surface area contributed by atoms with Crippen molar-refractivity contribution in [2.75, 3.05) is 4.72 Å². The molecule has 142 valence electrons. The van der Waals surface area contributed by atoms with E-state index in [0.29, 0.717) is 27.4 Å². The topological polar surface area (TPSA) is 83.5 Å². The smallest absolute Gasteiger partial charge is 0.304 e. The molecule has 5 nitrogen and oxygen atoms in total. The zero-order chi connectivity index (χ0) is 20.2. The molecule has 2 rings (SSSR count). The number of carboxylic acid groups (broad SMARTS) is 1. The molecule has 0 saturated carbocycles. The summed E-state index contributed by atoms with van der Waals surface area (Å²) >= 11 is 6.00. The van der Waals surface area contributed by atoms with Crippen LogP contribution in [0.15, 0.2) is 35.2 Å². The second-order valence-electron chi connectivity index (χ2n) is 6.22. The van der Waals surface area contributed by atoms with Gasteiger partial charge in [0, 0.05) is 11.4 Å². The molecule has 7 heteroatoms. The first-order chi connectivity index (χ1) is 12.6. The minimum Gasteiger partial charge on any atom is -0.481 e. The summed E-state index contributed by atoms with van der Waals surface area (Å²) in [6.07, 6.45) is 0.0700. The van der Waals surface area contributed by atoms with Crippen LogP contribution in [0, 0.1) is 32.6 Å². The van der Waals surface area contributed by atoms with Crippen molar-refractivity contribution >= 4 is 33.3 Å². The molecule has 0 aliphatic heterocycles. The highest BCUT2D eigenvalue weighted by Crippen LogP contribution is 2.27. The van der Waals surface area contributed by atoms with Gasteiger partial charge >= 0.3 is 5.97 Å². The van der Waals surface area contributed by atoms with Crippen molar-refractivity contribution in [3.05, 3.63) is 57.6 Å². The molecular weight excluding hydrogens is 386 g/mol. The Labute approximate surface area is 164 Å². The molecule has 0 bridgehead atoms. The van der Waals surface area contributed by atoms with Crippen molar-refractivity contribution in [3.63, 3.8) is 0 Å². The molecule has 0 amide bonds. The Morgan fingerprint density at radius 3 is 2.37 bits per heavy atom. The average molecular weight is 406 g/mol. The number of nitrogens with one attached hydrogen (secondary N) is 1. The molecule has 2 N–H and O–H groups in total. The van der Waals surface area contributed by atoms with Gasteiger partial charge in [-0.25, -0.2) is 8.42 Å². The van der Waals surface area contributed by atoms with Crippen molar-refractivity contribution < 1.29 is 18.3 Å². The lowest BCUT2D eigenvalue weighted by Crippen LogP contribution is -2.16. The molecule has 0 atom stereocenters. The molecule has 0 radical (unpaired) electrons. The second kappa shape index (κ2) is 8.47. The molecule has 0 heterocycles. The summed E-state index contributed by atoms with van der Waals surface area (Å²) in [5.41, 5.74) is 2.98. The van der Waals surface area contributed by atoms with Crippen LogP contribution < -0.4 is 4.72 Å². The third-order valence-electron chi connectivity index (χ3n) is 3.79. The minimum absolute atomic E-state index is 0.0869. The van der Waals surface area contributed by atoms with Crippen LogP contribution in [-0.4, -0.2) is 19.5 Å². The molecule has 0 saturated heterocycles. The van der Waals surface area contributed by atoms with Gasteiger partial charge < -0.3 is 5.11 Å². The predicted molar refractivity (Wildman–Crippen MR) is 107 cm³/mol. The van der Waals surface area contributed by atoms with E-state index >= 15 is 0 Å². The van der Waals surface area contributed by atoms with Crippen LogP contribution in [0.25, 0.3) is 0 Å². The normalized spacial score (nSPS) is 10.8. The zero-order valence-electron chi connectivity index (χ0n) is 15.3. The van der Waals surface area contributed by atoms with Gasteiger partial charge in [-0.1, -0.05) is 41.1 Å². The summed E-state index contributed by atoms with van der Waals surface area (Å²) < 4.78 is 28.5. The molecule has 2 aromatic rings. The molecule has 0 aliphatic rings. The van der Waals surface area contributed by atoms with E-state index in [0.717, 1.165) is 5.56 Å². The summed E-state index contributed by atoms with van der Waals surface area (Å²) in [7, 11) is -3.83. The maximum atomic E-state index is 12.9. The lowest BCUT2D eigenvalue weighted by molar-refractivity contribution is -0.136. The van der Waals surface area contributed by atoms with Gasteiger partial charge in [0.1, 0.15) is 0 Å². The largest absolute Gasteiger partial charge is 0.481 e. The number of aliphatic carboxylic acids is 1. The number of hydrogen-bond acceptors (Lipinski definition) is 3. The van der Waals surface area contributed by atoms with Gasteiger partial charge in [-0.05, 0) is 50.1 Å². The summed E-state index contributed by atoms with van der Waals surface area (Å²) in [6, 6.07) is 8.28. The number of hydrogen-bond donors (Lipinski definition) is 2. The molecule has 0 spiro atoms. The monoisotopic (exact) mass is 405 g/mol. The van der Waals surface area contributed by atoms with Gasteiger partial charge in [0.25, 0.3) is 10.0 Å². The van der Waals surface area contributed by atoms with Crippen LogP contribution in [0.1, 0.15) is 35.1 Å². The third kappa shape index (κ3) is 5.49. The Kier molecular flexibility index (Phi) is 6.53. The first kappa shape index (κ1) is 20.8. The first-order valence-corrected chi connectivity index (χ1v) is 10.1. The maximum Gasteiger partial charge on any atom is 0.304 e. The van der Waals surface area contributed by atoms with Crippen molar-refractivity contribution in [1.29, 1.82) is 0 Å². The van der Waals surface area contributed by atoms with Crippen molar-refractivity contribution in [2.45, 2.75) is 38.5 Å².